The summed E-state index contributed by atoms with van der Waals surface area (Å²) >= 11 is 0. The van der Waals surface area contributed by atoms with Gasteiger partial charge in [0.15, 0.2) is 5.96 Å². The van der Waals surface area contributed by atoms with Crippen molar-refractivity contribution in [3.05, 3.63) is 59.7 Å². The summed E-state index contributed by atoms with van der Waals surface area (Å²) in [6, 6.07) is -0.556. The van der Waals surface area contributed by atoms with Crippen molar-refractivity contribution in [3.63, 3.8) is 0 Å². The molecule has 0 spiro atoms. The van der Waals surface area contributed by atoms with Crippen LogP contribution < -0.4 is 71.2 Å². The van der Waals surface area contributed by atoms with E-state index in [1.165, 1.54) is 31.2 Å². The highest BCUT2D eigenvalue weighted by Gasteiger charge is 2.38. The van der Waals surface area contributed by atoms with E-state index >= 15 is 0 Å². The second-order valence-corrected chi connectivity index (χ2v) is 21.9. The summed E-state index contributed by atoms with van der Waals surface area (Å²) in [6.07, 6.45) is -1.61. The zero-order valence-electron chi connectivity index (χ0n) is 49.0. The van der Waals surface area contributed by atoms with Gasteiger partial charge in [-0.1, -0.05) is 92.5 Å². The third-order valence-corrected chi connectivity index (χ3v) is 13.7. The Morgan fingerprint density at radius 3 is 1.29 bits per heavy atom. The number of aliphatic hydroxyl groups excluding tert-OH is 1. The van der Waals surface area contributed by atoms with Gasteiger partial charge < -0.3 is 86.5 Å². The Balaban J connectivity index is 2.40. The lowest BCUT2D eigenvalue weighted by Crippen LogP contribution is -2.63. The SMILES string of the molecule is CC[C@H](C)[C@H](NC(=O)[C@H](CC(C)C)NC(=O)[C@H](CC(N)=O)NC(=O)[C@@H](NC(=O)[C@@H](N)Cc1ccc(O)cc1)[C@@H](C)CC)C(=O)N[C@H](C(=O)N[C@@H](CCCN=C(N)N)C(=O)N[C@@H](CC(C)C)C(=O)N[C@@H](Cc1ccc(O)cc1)C(N)=O)[C@@H](C)O. The van der Waals surface area contributed by atoms with Crippen molar-refractivity contribution in [2.45, 2.75) is 181 Å². The quantitative estimate of drug-likeness (QED) is 0.0201. The zero-order valence-corrected chi connectivity index (χ0v) is 49.0. The number of nitrogens with one attached hydrogen (secondary N) is 8. The highest BCUT2D eigenvalue weighted by atomic mass is 16.3. The van der Waals surface area contributed by atoms with E-state index in [2.05, 4.69) is 47.5 Å². The normalized spacial score (nSPS) is 15.6. The van der Waals surface area contributed by atoms with E-state index in [9.17, 15) is 63.3 Å². The standard InChI is InChI=1S/C56H90N14O13/c1-10-30(7)44(68-48(76)37(57)25-33-14-18-35(72)19-15-33)53(81)67-42(27-43(58)74)51(79)66-41(24-29(5)6)52(80)69-45(31(8)11-2)54(82)70-46(32(9)71)55(83)63-38(13-12-22-62-56(60)61)49(77)65-40(23-28(3)4)50(78)64-39(47(59)75)26-34-16-20-36(73)21-17-34/h14-21,28-32,37-42,44-46,71-73H,10-13,22-27,57H2,1-9H3,(H2,58,74)(H2,59,75)(H,63,83)(H,64,78)(H,65,77)(H,66,79)(H,67,81)(H,68,76)(H,69,80)(H,70,82)(H4,60,61,62)/t30-,31-,32+,37-,38-,39-,40-,41-,42-,44-,45-,46-/m0/s1. The van der Waals surface area contributed by atoms with Gasteiger partial charge in [0.05, 0.1) is 18.6 Å². The Kier molecular flexibility index (Phi) is 30.0. The van der Waals surface area contributed by atoms with Gasteiger partial charge in [-0.2, -0.15) is 0 Å². The van der Waals surface area contributed by atoms with Crippen molar-refractivity contribution in [1.29, 1.82) is 0 Å². The minimum Gasteiger partial charge on any atom is -0.508 e. The molecule has 0 fully saturated rings. The van der Waals surface area contributed by atoms with Crippen LogP contribution in [0.5, 0.6) is 11.5 Å². The molecule has 0 aromatic heterocycles. The summed E-state index contributed by atoms with van der Waals surface area (Å²) in [7, 11) is 0. The van der Waals surface area contributed by atoms with Crippen molar-refractivity contribution in [1.82, 2.24) is 42.5 Å². The summed E-state index contributed by atoms with van der Waals surface area (Å²) in [5.74, 6) is -10.7. The van der Waals surface area contributed by atoms with Gasteiger partial charge in [-0.25, -0.2) is 0 Å². The average molecular weight is 1170 g/mol. The Bertz CT molecular complexity index is 2530. The number of carbonyl (C=O) groups is 10. The van der Waals surface area contributed by atoms with Gasteiger partial charge in [-0.15, -0.1) is 0 Å². The third kappa shape index (κ3) is 25.3. The molecule has 27 heteroatoms. The molecule has 27 nitrogen and oxygen atoms in total. The molecule has 0 heterocycles. The number of benzene rings is 2. The van der Waals surface area contributed by atoms with Gasteiger partial charge >= 0.3 is 0 Å². The molecule has 2 aromatic carbocycles. The number of guanidine groups is 1. The number of aliphatic hydroxyl groups is 1. The van der Waals surface area contributed by atoms with Crippen LogP contribution in [0.25, 0.3) is 0 Å². The maximum absolute atomic E-state index is 14.3. The summed E-state index contributed by atoms with van der Waals surface area (Å²) < 4.78 is 0. The number of phenolic OH excluding ortho intramolecular Hbond substituents is 2. The number of nitrogens with zero attached hydrogens (tertiary/aromatic N) is 1. The molecule has 0 unspecified atom stereocenters. The molecular formula is C56H90N14O13. The van der Waals surface area contributed by atoms with E-state index in [1.54, 1.807) is 79.7 Å². The number of rotatable bonds is 36. The van der Waals surface area contributed by atoms with E-state index in [0.717, 1.165) is 0 Å². The predicted octanol–water partition coefficient (Wildman–Crippen LogP) is -1.93. The van der Waals surface area contributed by atoms with Gasteiger partial charge in [0.2, 0.25) is 59.1 Å². The van der Waals surface area contributed by atoms with Crippen molar-refractivity contribution in [3.8, 4) is 11.5 Å². The molecule has 2 aromatic rings. The molecule has 0 saturated carbocycles. The first-order chi connectivity index (χ1) is 38.9. The Hall–Kier alpha value is -8.07. The van der Waals surface area contributed by atoms with Gasteiger partial charge in [-0.05, 0) is 98.1 Å². The first-order valence-corrected chi connectivity index (χ1v) is 27.9. The Morgan fingerprint density at radius 1 is 0.482 bits per heavy atom. The van der Waals surface area contributed by atoms with E-state index in [0.29, 0.717) is 17.5 Å². The van der Waals surface area contributed by atoms with E-state index in [-0.39, 0.29) is 80.8 Å². The second-order valence-electron chi connectivity index (χ2n) is 21.9. The Morgan fingerprint density at radius 2 is 0.855 bits per heavy atom. The number of hydrogen-bond donors (Lipinski definition) is 16. The fourth-order valence-corrected chi connectivity index (χ4v) is 8.56. The van der Waals surface area contributed by atoms with Crippen LogP contribution in [0.2, 0.25) is 0 Å². The molecule has 0 bridgehead atoms. The number of amides is 10. The number of primary amides is 2. The molecule has 83 heavy (non-hydrogen) atoms. The van der Waals surface area contributed by atoms with Crippen LogP contribution in [0.3, 0.4) is 0 Å². The molecule has 12 atom stereocenters. The third-order valence-electron chi connectivity index (χ3n) is 13.7. The number of aliphatic imine (C=N–C) groups is 1. The second kappa shape index (κ2) is 35.0. The lowest BCUT2D eigenvalue weighted by Gasteiger charge is -2.31. The number of phenols is 2. The highest BCUT2D eigenvalue weighted by molar-refractivity contribution is 5.99. The molecule has 21 N–H and O–H groups in total. The molecule has 10 amide bonds. The van der Waals surface area contributed by atoms with Crippen molar-refractivity contribution in [2.75, 3.05) is 6.54 Å². The van der Waals surface area contributed by atoms with Crippen LogP contribution in [-0.4, -0.2) is 147 Å². The maximum Gasteiger partial charge on any atom is 0.245 e. The van der Waals surface area contributed by atoms with Gasteiger partial charge in [-0.3, -0.25) is 52.9 Å². The van der Waals surface area contributed by atoms with Gasteiger partial charge in [0.25, 0.3) is 0 Å². The summed E-state index contributed by atoms with van der Waals surface area (Å²) in [5, 5.41) is 51.0. The van der Waals surface area contributed by atoms with E-state index < -0.39 is 138 Å². The van der Waals surface area contributed by atoms with Crippen LogP contribution >= 0.6 is 0 Å². The number of hydrogen-bond acceptors (Lipinski definition) is 15. The first kappa shape index (κ1) is 71.0. The smallest absolute Gasteiger partial charge is 0.245 e. The van der Waals surface area contributed by atoms with Gasteiger partial charge in [0, 0.05) is 13.0 Å². The van der Waals surface area contributed by atoms with Crippen molar-refractivity contribution >= 4 is 65.0 Å². The van der Waals surface area contributed by atoms with Crippen molar-refractivity contribution in [2.24, 2.45) is 57.3 Å². The molecule has 0 aliphatic rings. The minimum absolute atomic E-state index is 0.0134. The molecular weight excluding hydrogens is 1080 g/mol. The van der Waals surface area contributed by atoms with Crippen LogP contribution in [0, 0.1) is 23.7 Å². The lowest BCUT2D eigenvalue weighted by atomic mass is 9.95. The number of carbonyl (C=O) groups excluding carboxylic acids is 10. The Labute approximate surface area is 485 Å². The van der Waals surface area contributed by atoms with Crippen LogP contribution in [-0.2, 0) is 60.8 Å². The first-order valence-electron chi connectivity index (χ1n) is 27.9. The van der Waals surface area contributed by atoms with Crippen LogP contribution in [0.15, 0.2) is 53.5 Å². The largest absolute Gasteiger partial charge is 0.508 e. The van der Waals surface area contributed by atoms with E-state index in [1.807, 2.05) is 0 Å². The molecule has 0 aliphatic carbocycles. The lowest BCUT2D eigenvalue weighted by molar-refractivity contribution is -0.138. The van der Waals surface area contributed by atoms with Gasteiger partial charge in [0.1, 0.15) is 59.8 Å². The predicted molar refractivity (Wildman–Crippen MR) is 309 cm³/mol. The zero-order chi connectivity index (χ0) is 62.8. The number of nitrogens with two attached hydrogens (primary N) is 5. The topological polar surface area (TPSA) is 470 Å². The summed E-state index contributed by atoms with van der Waals surface area (Å²) in [5.41, 5.74) is 29.6. The van der Waals surface area contributed by atoms with Crippen molar-refractivity contribution < 1.29 is 63.3 Å². The molecule has 0 saturated heterocycles. The minimum atomic E-state index is -1.76. The fourth-order valence-electron chi connectivity index (χ4n) is 8.56. The number of aromatic hydroxyl groups is 2. The molecule has 462 valence electrons. The highest BCUT2D eigenvalue weighted by Crippen LogP contribution is 2.17. The van der Waals surface area contributed by atoms with Crippen LogP contribution in [0.4, 0.5) is 0 Å². The molecule has 0 radical (unpaired) electrons. The molecule has 0 aliphatic heterocycles. The monoisotopic (exact) mass is 1170 g/mol. The van der Waals surface area contributed by atoms with E-state index in [4.69, 9.17) is 28.7 Å². The maximum atomic E-state index is 14.3. The summed E-state index contributed by atoms with van der Waals surface area (Å²) in [6.45, 7) is 15.1. The molecule has 2 rings (SSSR count). The van der Waals surface area contributed by atoms with Crippen LogP contribution in [0.1, 0.15) is 118 Å². The summed E-state index contributed by atoms with van der Waals surface area (Å²) in [4.78, 5) is 141. The average Bonchev–Trinajstić information content (AvgIpc) is 3.43. The fraction of sp³-hybridized carbons (Fsp3) is 0.589.